The van der Waals surface area contributed by atoms with Crippen LogP contribution in [0.5, 0.6) is 0 Å². The Hall–Kier alpha value is -1.96. The van der Waals surface area contributed by atoms with Crippen LogP contribution in [-0.2, 0) is 11.2 Å². The Bertz CT molecular complexity index is 879. The molecule has 142 valence electrons. The van der Waals surface area contributed by atoms with Crippen molar-refractivity contribution in [3.05, 3.63) is 51.4 Å². The highest BCUT2D eigenvalue weighted by Gasteiger charge is 2.24. The number of amides is 1. The average molecular weight is 402 g/mol. The Labute approximate surface area is 167 Å². The lowest BCUT2D eigenvalue weighted by Crippen LogP contribution is -2.37. The zero-order chi connectivity index (χ0) is 18.6. The van der Waals surface area contributed by atoms with Crippen molar-refractivity contribution < 1.29 is 9.21 Å². The van der Waals surface area contributed by atoms with Crippen LogP contribution >= 0.6 is 22.7 Å². The fourth-order valence-electron chi connectivity index (χ4n) is 3.43. The molecule has 0 aliphatic carbocycles. The Morgan fingerprint density at radius 1 is 1.30 bits per heavy atom. The van der Waals surface area contributed by atoms with E-state index in [2.05, 4.69) is 32.7 Å². The van der Waals surface area contributed by atoms with E-state index >= 15 is 0 Å². The lowest BCUT2D eigenvalue weighted by molar-refractivity contribution is -0.120. The highest BCUT2D eigenvalue weighted by atomic mass is 32.1. The molecule has 1 aliphatic heterocycles. The monoisotopic (exact) mass is 401 g/mol. The van der Waals surface area contributed by atoms with Crippen LogP contribution in [0, 0.1) is 6.92 Å². The molecule has 1 atom stereocenters. The minimum Gasteiger partial charge on any atom is -0.459 e. The topological polar surface area (TPSA) is 58.4 Å². The maximum Gasteiger partial charge on any atom is 0.226 e. The number of thiophene rings is 1. The molecule has 0 saturated carbocycles. The largest absolute Gasteiger partial charge is 0.459 e. The van der Waals surface area contributed by atoms with Crippen LogP contribution in [0.25, 0.3) is 10.8 Å². The van der Waals surface area contributed by atoms with Gasteiger partial charge in [0.1, 0.15) is 5.76 Å². The SMILES string of the molecule is Cc1ccc(-c2nc(CC(=O)NCC(c3cccs3)N3CCCC3)cs2)o1. The number of carbonyl (C=O) groups is 1. The molecule has 0 radical (unpaired) electrons. The van der Waals surface area contributed by atoms with E-state index in [1.807, 2.05) is 24.4 Å². The normalized spacial score (nSPS) is 15.9. The van der Waals surface area contributed by atoms with Crippen LogP contribution in [0.4, 0.5) is 0 Å². The van der Waals surface area contributed by atoms with Crippen LogP contribution < -0.4 is 5.32 Å². The number of aromatic nitrogens is 1. The number of rotatable bonds is 7. The Balaban J connectivity index is 1.35. The Morgan fingerprint density at radius 3 is 2.85 bits per heavy atom. The van der Waals surface area contributed by atoms with Crippen molar-refractivity contribution in [1.82, 2.24) is 15.2 Å². The van der Waals surface area contributed by atoms with Gasteiger partial charge in [-0.3, -0.25) is 9.69 Å². The number of aryl methyl sites for hydroxylation is 1. The van der Waals surface area contributed by atoms with Gasteiger partial charge in [-0.15, -0.1) is 22.7 Å². The summed E-state index contributed by atoms with van der Waals surface area (Å²) in [6, 6.07) is 8.36. The molecule has 1 aliphatic rings. The van der Waals surface area contributed by atoms with Gasteiger partial charge in [-0.05, 0) is 56.4 Å². The van der Waals surface area contributed by atoms with Crippen LogP contribution in [0.15, 0.2) is 39.4 Å². The number of likely N-dealkylation sites (tertiary alicyclic amines) is 1. The molecule has 5 nitrogen and oxygen atoms in total. The lowest BCUT2D eigenvalue weighted by Gasteiger charge is -2.26. The highest BCUT2D eigenvalue weighted by molar-refractivity contribution is 7.13. The molecule has 1 saturated heterocycles. The summed E-state index contributed by atoms with van der Waals surface area (Å²) < 4.78 is 5.61. The third kappa shape index (κ3) is 4.48. The highest BCUT2D eigenvalue weighted by Crippen LogP contribution is 2.28. The van der Waals surface area contributed by atoms with Gasteiger partial charge in [0.25, 0.3) is 0 Å². The second kappa shape index (κ2) is 8.37. The van der Waals surface area contributed by atoms with Crippen molar-refractivity contribution >= 4 is 28.6 Å². The second-order valence-corrected chi connectivity index (χ2v) is 8.65. The molecular weight excluding hydrogens is 378 g/mol. The minimum absolute atomic E-state index is 0.0169. The van der Waals surface area contributed by atoms with Crippen LogP contribution in [0.2, 0.25) is 0 Å². The smallest absolute Gasteiger partial charge is 0.226 e. The molecule has 27 heavy (non-hydrogen) atoms. The van der Waals surface area contributed by atoms with Gasteiger partial charge in [-0.1, -0.05) is 6.07 Å². The van der Waals surface area contributed by atoms with Crippen LogP contribution in [0.1, 0.15) is 35.2 Å². The number of hydrogen-bond acceptors (Lipinski definition) is 6. The summed E-state index contributed by atoms with van der Waals surface area (Å²) in [5.74, 6) is 1.64. The van der Waals surface area contributed by atoms with Crippen molar-refractivity contribution in [2.45, 2.75) is 32.2 Å². The first kappa shape index (κ1) is 18.4. The van der Waals surface area contributed by atoms with E-state index in [0.29, 0.717) is 13.0 Å². The third-order valence-electron chi connectivity index (χ3n) is 4.79. The van der Waals surface area contributed by atoms with E-state index in [1.165, 1.54) is 29.1 Å². The van der Waals surface area contributed by atoms with E-state index < -0.39 is 0 Å². The zero-order valence-corrected chi connectivity index (χ0v) is 16.9. The maximum atomic E-state index is 12.5. The lowest BCUT2D eigenvalue weighted by atomic mass is 10.2. The van der Waals surface area contributed by atoms with E-state index in [1.54, 1.807) is 11.3 Å². The quantitative estimate of drug-likeness (QED) is 0.642. The van der Waals surface area contributed by atoms with Gasteiger partial charge in [0, 0.05) is 16.8 Å². The van der Waals surface area contributed by atoms with Crippen molar-refractivity contribution in [3.8, 4) is 10.8 Å². The maximum absolute atomic E-state index is 12.5. The van der Waals surface area contributed by atoms with Crippen LogP contribution in [-0.4, -0.2) is 35.4 Å². The molecule has 0 spiro atoms. The molecule has 1 fully saturated rings. The Morgan fingerprint density at radius 2 is 2.15 bits per heavy atom. The van der Waals surface area contributed by atoms with E-state index in [9.17, 15) is 4.79 Å². The predicted octanol–water partition coefficient (Wildman–Crippen LogP) is 4.27. The van der Waals surface area contributed by atoms with Crippen molar-refractivity contribution in [2.24, 2.45) is 0 Å². The zero-order valence-electron chi connectivity index (χ0n) is 15.3. The molecule has 1 N–H and O–H groups in total. The standard InChI is InChI=1S/C20H23N3O2S2/c1-14-6-7-17(25-14)20-22-15(13-27-20)11-19(24)21-12-16(18-5-4-10-26-18)23-8-2-3-9-23/h4-7,10,13,16H,2-3,8-9,11-12H2,1H3,(H,21,24). The molecule has 3 aromatic heterocycles. The van der Waals surface area contributed by atoms with Gasteiger partial charge in [0.15, 0.2) is 10.8 Å². The number of nitrogens with one attached hydrogen (secondary N) is 1. The van der Waals surface area contributed by atoms with Gasteiger partial charge in [0.05, 0.1) is 18.2 Å². The molecule has 4 heterocycles. The van der Waals surface area contributed by atoms with Crippen molar-refractivity contribution in [3.63, 3.8) is 0 Å². The van der Waals surface area contributed by atoms with Gasteiger partial charge < -0.3 is 9.73 Å². The fraction of sp³-hybridized carbons (Fsp3) is 0.400. The average Bonchev–Trinajstić information content (AvgIpc) is 3.44. The molecule has 3 aromatic rings. The number of furan rings is 1. The van der Waals surface area contributed by atoms with Crippen molar-refractivity contribution in [1.29, 1.82) is 0 Å². The predicted molar refractivity (Wildman–Crippen MR) is 109 cm³/mol. The summed E-state index contributed by atoms with van der Waals surface area (Å²) in [7, 11) is 0. The molecule has 1 amide bonds. The summed E-state index contributed by atoms with van der Waals surface area (Å²) in [5, 5.41) is 7.97. The van der Waals surface area contributed by atoms with E-state index in [4.69, 9.17) is 4.42 Å². The minimum atomic E-state index is 0.0169. The third-order valence-corrected chi connectivity index (χ3v) is 6.67. The number of carbonyl (C=O) groups excluding carboxylic acids is 1. The summed E-state index contributed by atoms with van der Waals surface area (Å²) in [5.41, 5.74) is 0.787. The first-order valence-electron chi connectivity index (χ1n) is 9.24. The molecule has 1 unspecified atom stereocenters. The van der Waals surface area contributed by atoms with Gasteiger partial charge in [-0.25, -0.2) is 4.98 Å². The summed E-state index contributed by atoms with van der Waals surface area (Å²) in [6.07, 6.45) is 2.78. The van der Waals surface area contributed by atoms with Crippen LogP contribution in [0.3, 0.4) is 0 Å². The Kier molecular flexibility index (Phi) is 5.71. The summed E-state index contributed by atoms with van der Waals surface area (Å²) in [4.78, 5) is 20.8. The summed E-state index contributed by atoms with van der Waals surface area (Å²) in [6.45, 7) is 4.77. The number of hydrogen-bond donors (Lipinski definition) is 1. The van der Waals surface area contributed by atoms with E-state index in [-0.39, 0.29) is 11.9 Å². The summed E-state index contributed by atoms with van der Waals surface area (Å²) >= 11 is 3.27. The van der Waals surface area contributed by atoms with Gasteiger partial charge in [0.2, 0.25) is 5.91 Å². The molecular formula is C20H23N3O2S2. The van der Waals surface area contributed by atoms with Gasteiger partial charge >= 0.3 is 0 Å². The fourth-order valence-corrected chi connectivity index (χ4v) is 5.07. The number of thiazole rings is 1. The molecule has 0 aromatic carbocycles. The first-order chi connectivity index (χ1) is 13.2. The molecule has 4 rings (SSSR count). The first-order valence-corrected chi connectivity index (χ1v) is 11.0. The van der Waals surface area contributed by atoms with E-state index in [0.717, 1.165) is 35.3 Å². The number of nitrogens with zero attached hydrogens (tertiary/aromatic N) is 2. The molecule has 7 heteroatoms. The second-order valence-electron chi connectivity index (χ2n) is 6.81. The van der Waals surface area contributed by atoms with Crippen molar-refractivity contribution in [2.75, 3.05) is 19.6 Å². The van der Waals surface area contributed by atoms with Gasteiger partial charge in [-0.2, -0.15) is 0 Å². The molecule has 0 bridgehead atoms.